The molecule has 1 aliphatic rings. The number of rotatable bonds is 13. The first kappa shape index (κ1) is 28.5. The molecule has 1 amide bonds. The summed E-state index contributed by atoms with van der Waals surface area (Å²) in [5.74, 6) is -0.749. The van der Waals surface area contributed by atoms with Crippen molar-refractivity contribution in [3.63, 3.8) is 0 Å². The Bertz CT molecular complexity index is 1120. The van der Waals surface area contributed by atoms with Gasteiger partial charge in [-0.2, -0.15) is 0 Å². The summed E-state index contributed by atoms with van der Waals surface area (Å²) in [6.45, 7) is 2.79. The first-order valence-corrected chi connectivity index (χ1v) is 12.3. The van der Waals surface area contributed by atoms with Crippen molar-refractivity contribution in [2.75, 3.05) is 38.7 Å². The number of allylic oxidation sites excluding steroid dienone is 1. The standard InChI is InChI=1S/C26H32N4O8/c1-3-37-26-20(5-4-14-31)21(17-6-8-18(9-7-17)25(33)36-2)15-22(38-26)24(32)28-13-12-27-23-11-10-19(16-29-23)30(34)35/h6-11,15-16,20-21,26,31H,3-5,12-14H2,1-2H3,(H,27,29)(H,28,32)/t20-,21+,26+/m1/s1. The highest BCUT2D eigenvalue weighted by molar-refractivity contribution is 5.92. The number of carbonyl (C=O) groups excluding carboxylic acids is 2. The molecular formula is C26H32N4O8. The fourth-order valence-corrected chi connectivity index (χ4v) is 4.16. The highest BCUT2D eigenvalue weighted by Gasteiger charge is 2.37. The summed E-state index contributed by atoms with van der Waals surface area (Å²) >= 11 is 0. The Balaban J connectivity index is 1.72. The van der Waals surface area contributed by atoms with E-state index in [4.69, 9.17) is 14.2 Å². The number of benzene rings is 1. The van der Waals surface area contributed by atoms with Crippen LogP contribution in [0.4, 0.5) is 11.5 Å². The fraction of sp³-hybridized carbons (Fsp3) is 0.423. The van der Waals surface area contributed by atoms with Crippen LogP contribution in [0.3, 0.4) is 0 Å². The summed E-state index contributed by atoms with van der Waals surface area (Å²) in [6.07, 6.45) is 3.32. The Morgan fingerprint density at radius 1 is 1.18 bits per heavy atom. The number of hydrogen-bond acceptors (Lipinski definition) is 10. The SMILES string of the molecule is CCO[C@H]1OC(C(=O)NCCNc2ccc([N+](=O)[O-])cn2)=C[C@@H](c2ccc(C(=O)OC)cc2)[C@H]1CCCO. The van der Waals surface area contributed by atoms with Crippen LogP contribution < -0.4 is 10.6 Å². The van der Waals surface area contributed by atoms with Crippen molar-refractivity contribution in [2.24, 2.45) is 5.92 Å². The number of aromatic nitrogens is 1. The highest BCUT2D eigenvalue weighted by Crippen LogP contribution is 2.39. The molecule has 12 heteroatoms. The van der Waals surface area contributed by atoms with Gasteiger partial charge in [0, 0.05) is 44.2 Å². The zero-order valence-corrected chi connectivity index (χ0v) is 21.3. The van der Waals surface area contributed by atoms with E-state index in [1.54, 1.807) is 18.2 Å². The number of aliphatic hydroxyl groups is 1. The number of pyridine rings is 1. The van der Waals surface area contributed by atoms with Crippen LogP contribution in [0.15, 0.2) is 54.4 Å². The first-order valence-electron chi connectivity index (χ1n) is 12.3. The third-order valence-electron chi connectivity index (χ3n) is 6.03. The van der Waals surface area contributed by atoms with Crippen molar-refractivity contribution in [3.05, 3.63) is 75.7 Å². The molecule has 0 saturated carbocycles. The average molecular weight is 529 g/mol. The van der Waals surface area contributed by atoms with Gasteiger partial charge in [-0.3, -0.25) is 14.9 Å². The van der Waals surface area contributed by atoms with Crippen molar-refractivity contribution in [1.29, 1.82) is 0 Å². The van der Waals surface area contributed by atoms with Crippen LogP contribution in [0.25, 0.3) is 0 Å². The molecule has 1 aliphatic heterocycles. The molecule has 204 valence electrons. The number of methoxy groups -OCH3 is 1. The number of aliphatic hydroxyl groups excluding tert-OH is 1. The number of nitrogens with zero attached hydrogens (tertiary/aromatic N) is 2. The predicted molar refractivity (Wildman–Crippen MR) is 137 cm³/mol. The smallest absolute Gasteiger partial charge is 0.337 e. The van der Waals surface area contributed by atoms with E-state index in [2.05, 4.69) is 15.6 Å². The Labute approximate surface area is 220 Å². The second-order valence-electron chi connectivity index (χ2n) is 8.48. The molecule has 2 aromatic rings. The summed E-state index contributed by atoms with van der Waals surface area (Å²) in [7, 11) is 1.32. The molecular weight excluding hydrogens is 496 g/mol. The summed E-state index contributed by atoms with van der Waals surface area (Å²) in [5.41, 5.74) is 1.17. The summed E-state index contributed by atoms with van der Waals surface area (Å²) in [5, 5.41) is 25.9. The van der Waals surface area contributed by atoms with Crippen molar-refractivity contribution in [1.82, 2.24) is 10.3 Å². The van der Waals surface area contributed by atoms with E-state index in [-0.39, 0.29) is 36.4 Å². The van der Waals surface area contributed by atoms with Crippen molar-refractivity contribution in [2.45, 2.75) is 32.0 Å². The quantitative estimate of drug-likeness (QED) is 0.152. The highest BCUT2D eigenvalue weighted by atomic mass is 16.7. The molecule has 2 heterocycles. The number of anilines is 1. The number of esters is 1. The van der Waals surface area contributed by atoms with E-state index in [1.165, 1.54) is 19.2 Å². The zero-order chi connectivity index (χ0) is 27.5. The molecule has 38 heavy (non-hydrogen) atoms. The lowest BCUT2D eigenvalue weighted by Crippen LogP contribution is -2.39. The number of hydrogen-bond donors (Lipinski definition) is 3. The van der Waals surface area contributed by atoms with E-state index in [9.17, 15) is 24.8 Å². The number of nitrogens with one attached hydrogen (secondary N) is 2. The number of amides is 1. The van der Waals surface area contributed by atoms with Crippen molar-refractivity contribution < 1.29 is 33.8 Å². The molecule has 12 nitrogen and oxygen atoms in total. The molecule has 0 unspecified atom stereocenters. The monoisotopic (exact) mass is 528 g/mol. The van der Waals surface area contributed by atoms with Crippen LogP contribution in [0, 0.1) is 16.0 Å². The maximum Gasteiger partial charge on any atom is 0.337 e. The summed E-state index contributed by atoms with van der Waals surface area (Å²) in [6, 6.07) is 9.78. The Morgan fingerprint density at radius 3 is 2.55 bits per heavy atom. The van der Waals surface area contributed by atoms with Gasteiger partial charge in [0.15, 0.2) is 5.76 Å². The largest absolute Gasteiger partial charge is 0.465 e. The van der Waals surface area contributed by atoms with E-state index in [0.29, 0.717) is 37.4 Å². The lowest BCUT2D eigenvalue weighted by Gasteiger charge is -2.37. The second kappa shape index (κ2) is 14.1. The summed E-state index contributed by atoms with van der Waals surface area (Å²) < 4.78 is 16.6. The third kappa shape index (κ3) is 7.49. The van der Waals surface area contributed by atoms with E-state index >= 15 is 0 Å². The van der Waals surface area contributed by atoms with Crippen LogP contribution in [-0.2, 0) is 19.0 Å². The molecule has 0 spiro atoms. The average Bonchev–Trinajstić information content (AvgIpc) is 2.94. The van der Waals surface area contributed by atoms with E-state index < -0.39 is 23.1 Å². The van der Waals surface area contributed by atoms with Gasteiger partial charge in [0.25, 0.3) is 11.6 Å². The van der Waals surface area contributed by atoms with Gasteiger partial charge >= 0.3 is 5.97 Å². The van der Waals surface area contributed by atoms with Gasteiger partial charge in [0.2, 0.25) is 6.29 Å². The number of nitro groups is 1. The third-order valence-corrected chi connectivity index (χ3v) is 6.03. The minimum Gasteiger partial charge on any atom is -0.465 e. The van der Waals surface area contributed by atoms with Gasteiger partial charge in [-0.15, -0.1) is 0 Å². The normalized spacial score (nSPS) is 18.6. The minimum atomic E-state index is -0.704. The van der Waals surface area contributed by atoms with Crippen LogP contribution in [0.5, 0.6) is 0 Å². The van der Waals surface area contributed by atoms with Crippen LogP contribution in [0.1, 0.15) is 41.6 Å². The molecule has 3 rings (SSSR count). The van der Waals surface area contributed by atoms with Gasteiger partial charge in [0.1, 0.15) is 12.0 Å². The zero-order valence-electron chi connectivity index (χ0n) is 21.3. The van der Waals surface area contributed by atoms with E-state index in [0.717, 1.165) is 11.8 Å². The topological polar surface area (TPSA) is 162 Å². The first-order chi connectivity index (χ1) is 18.4. The minimum absolute atomic E-state index is 0.0109. The summed E-state index contributed by atoms with van der Waals surface area (Å²) in [4.78, 5) is 39.0. The fourth-order valence-electron chi connectivity index (χ4n) is 4.16. The Hall–Kier alpha value is -4.03. The van der Waals surface area contributed by atoms with Gasteiger partial charge in [-0.05, 0) is 49.6 Å². The van der Waals surface area contributed by atoms with Crippen LogP contribution in [0.2, 0.25) is 0 Å². The van der Waals surface area contributed by atoms with Crippen LogP contribution >= 0.6 is 0 Å². The molecule has 0 saturated heterocycles. The lowest BCUT2D eigenvalue weighted by atomic mass is 9.80. The van der Waals surface area contributed by atoms with Crippen molar-refractivity contribution in [3.8, 4) is 0 Å². The van der Waals surface area contributed by atoms with Gasteiger partial charge in [0.05, 0.1) is 17.6 Å². The van der Waals surface area contributed by atoms with Gasteiger partial charge in [-0.25, -0.2) is 9.78 Å². The molecule has 3 atom stereocenters. The predicted octanol–water partition coefficient (Wildman–Crippen LogP) is 2.75. The van der Waals surface area contributed by atoms with E-state index in [1.807, 2.05) is 19.1 Å². The maximum atomic E-state index is 13.0. The molecule has 1 aromatic carbocycles. The Morgan fingerprint density at radius 2 is 1.95 bits per heavy atom. The lowest BCUT2D eigenvalue weighted by molar-refractivity contribution is -0.385. The molecule has 0 aliphatic carbocycles. The Kier molecular flexibility index (Phi) is 10.6. The second-order valence-corrected chi connectivity index (χ2v) is 8.48. The van der Waals surface area contributed by atoms with Gasteiger partial charge in [-0.1, -0.05) is 12.1 Å². The molecule has 0 fully saturated rings. The number of carbonyl (C=O) groups is 2. The maximum absolute atomic E-state index is 13.0. The van der Waals surface area contributed by atoms with Gasteiger partial charge < -0.3 is 30.0 Å². The van der Waals surface area contributed by atoms with Crippen LogP contribution in [-0.4, -0.2) is 66.6 Å². The molecule has 0 bridgehead atoms. The number of ether oxygens (including phenoxy) is 3. The molecule has 3 N–H and O–H groups in total. The molecule has 1 aromatic heterocycles. The van der Waals surface area contributed by atoms with Crippen molar-refractivity contribution >= 4 is 23.4 Å². The molecule has 0 radical (unpaired) electrons.